The van der Waals surface area contributed by atoms with Gasteiger partial charge in [0.2, 0.25) is 0 Å². The molecule has 1 fully saturated rings. The molecule has 1 aromatic rings. The molecule has 1 aliphatic heterocycles. The number of fused-ring (bicyclic) bond motifs is 1. The van der Waals surface area contributed by atoms with Gasteiger partial charge in [-0.25, -0.2) is 0 Å². The minimum Gasteiger partial charge on any atom is -0.317 e. The first-order chi connectivity index (χ1) is 9.77. The zero-order valence-electron chi connectivity index (χ0n) is 12.3. The van der Waals surface area contributed by atoms with Crippen molar-refractivity contribution in [1.82, 2.24) is 10.3 Å². The second-order valence-corrected chi connectivity index (χ2v) is 6.24. The molecule has 2 heterocycles. The van der Waals surface area contributed by atoms with Crippen molar-refractivity contribution in [2.24, 2.45) is 5.41 Å². The van der Waals surface area contributed by atoms with Crippen LogP contribution in [0, 0.1) is 5.41 Å². The number of carbonyl (C=O) groups excluding carboxylic acids is 1. The van der Waals surface area contributed by atoms with Gasteiger partial charge in [-0.2, -0.15) is 0 Å². The van der Waals surface area contributed by atoms with E-state index in [2.05, 4.69) is 23.3 Å². The summed E-state index contributed by atoms with van der Waals surface area (Å²) in [7, 11) is 0. The molecule has 1 saturated heterocycles. The largest absolute Gasteiger partial charge is 0.317 e. The van der Waals surface area contributed by atoms with Gasteiger partial charge in [-0.3, -0.25) is 9.78 Å². The monoisotopic (exact) mass is 272 g/mol. The van der Waals surface area contributed by atoms with Crippen molar-refractivity contribution in [2.45, 2.75) is 51.4 Å². The maximum Gasteiger partial charge on any atom is 0.148 e. The number of rotatable bonds is 3. The van der Waals surface area contributed by atoms with Crippen molar-refractivity contribution in [3.63, 3.8) is 0 Å². The Balaban J connectivity index is 1.91. The summed E-state index contributed by atoms with van der Waals surface area (Å²) in [5.41, 5.74) is 2.24. The maximum atomic E-state index is 13.2. The third-order valence-corrected chi connectivity index (χ3v) is 5.27. The third-order valence-electron chi connectivity index (χ3n) is 5.27. The topological polar surface area (TPSA) is 42.0 Å². The highest BCUT2D eigenvalue weighted by molar-refractivity contribution is 5.91. The molecule has 0 aromatic carbocycles. The SMILES string of the molecule is CCC1(C(=O)C2CCCc3cccnc32)CCNCC1. The molecular formula is C17H24N2O. The molecule has 2 aliphatic rings. The van der Waals surface area contributed by atoms with Gasteiger partial charge in [0.05, 0.1) is 11.6 Å². The van der Waals surface area contributed by atoms with E-state index in [1.807, 2.05) is 12.3 Å². The molecule has 3 rings (SSSR count). The van der Waals surface area contributed by atoms with E-state index in [9.17, 15) is 4.79 Å². The summed E-state index contributed by atoms with van der Waals surface area (Å²) in [6.45, 7) is 4.12. The van der Waals surface area contributed by atoms with Crippen LogP contribution in [-0.2, 0) is 11.2 Å². The summed E-state index contributed by atoms with van der Waals surface area (Å²) in [6, 6.07) is 4.13. The van der Waals surface area contributed by atoms with Gasteiger partial charge >= 0.3 is 0 Å². The van der Waals surface area contributed by atoms with Crippen LogP contribution < -0.4 is 5.32 Å². The lowest BCUT2D eigenvalue weighted by Crippen LogP contribution is -2.44. The van der Waals surface area contributed by atoms with Crippen molar-refractivity contribution in [3.05, 3.63) is 29.6 Å². The molecule has 20 heavy (non-hydrogen) atoms. The average molecular weight is 272 g/mol. The minimum absolute atomic E-state index is 0.0398. The summed E-state index contributed by atoms with van der Waals surface area (Å²) in [4.78, 5) is 17.7. The van der Waals surface area contributed by atoms with Crippen molar-refractivity contribution < 1.29 is 4.79 Å². The number of pyridine rings is 1. The molecule has 3 nitrogen and oxygen atoms in total. The van der Waals surface area contributed by atoms with Crippen LogP contribution in [0.1, 0.15) is 56.2 Å². The van der Waals surface area contributed by atoms with Crippen LogP contribution in [0.25, 0.3) is 0 Å². The zero-order valence-corrected chi connectivity index (χ0v) is 12.3. The van der Waals surface area contributed by atoms with Gasteiger partial charge in [0.25, 0.3) is 0 Å². The molecule has 0 amide bonds. The number of hydrogen-bond donors (Lipinski definition) is 1. The molecule has 1 unspecified atom stereocenters. The highest BCUT2D eigenvalue weighted by atomic mass is 16.1. The van der Waals surface area contributed by atoms with Gasteiger partial charge in [0, 0.05) is 11.6 Å². The summed E-state index contributed by atoms with van der Waals surface area (Å²) in [5, 5.41) is 3.38. The van der Waals surface area contributed by atoms with E-state index in [1.54, 1.807) is 0 Å². The van der Waals surface area contributed by atoms with E-state index >= 15 is 0 Å². The first-order valence-corrected chi connectivity index (χ1v) is 7.96. The van der Waals surface area contributed by atoms with Gasteiger partial charge in [-0.15, -0.1) is 0 Å². The van der Waals surface area contributed by atoms with E-state index in [-0.39, 0.29) is 11.3 Å². The fraction of sp³-hybridized carbons (Fsp3) is 0.647. The van der Waals surface area contributed by atoms with Crippen LogP contribution in [0.2, 0.25) is 0 Å². The molecule has 0 saturated carbocycles. The number of nitrogens with one attached hydrogen (secondary N) is 1. The van der Waals surface area contributed by atoms with Crippen LogP contribution in [0.3, 0.4) is 0 Å². The number of nitrogens with zero attached hydrogens (tertiary/aromatic N) is 1. The fourth-order valence-corrected chi connectivity index (χ4v) is 3.91. The maximum absolute atomic E-state index is 13.2. The Morgan fingerprint density at radius 2 is 2.25 bits per heavy atom. The molecule has 108 valence electrons. The fourth-order valence-electron chi connectivity index (χ4n) is 3.91. The van der Waals surface area contributed by atoms with Crippen LogP contribution in [0.4, 0.5) is 0 Å². The van der Waals surface area contributed by atoms with Crippen LogP contribution >= 0.6 is 0 Å². The van der Waals surface area contributed by atoms with Gasteiger partial charge < -0.3 is 5.32 Å². The Morgan fingerprint density at radius 1 is 1.45 bits per heavy atom. The van der Waals surface area contributed by atoms with Gasteiger partial charge in [0.15, 0.2) is 0 Å². The smallest absolute Gasteiger partial charge is 0.148 e. The summed E-state index contributed by atoms with van der Waals surface area (Å²) in [5.74, 6) is 0.499. The quantitative estimate of drug-likeness (QED) is 0.920. The van der Waals surface area contributed by atoms with Crippen molar-refractivity contribution in [1.29, 1.82) is 0 Å². The lowest BCUT2D eigenvalue weighted by molar-refractivity contribution is -0.132. The molecule has 3 heteroatoms. The van der Waals surface area contributed by atoms with Crippen LogP contribution in [0.15, 0.2) is 18.3 Å². The molecule has 0 radical (unpaired) electrons. The molecule has 1 atom stereocenters. The Hall–Kier alpha value is -1.22. The number of hydrogen-bond acceptors (Lipinski definition) is 3. The normalized spacial score (nSPS) is 24.9. The molecule has 1 aliphatic carbocycles. The standard InChI is InChI=1S/C17H24N2O/c1-2-17(8-11-18-12-9-17)16(20)14-7-3-5-13-6-4-10-19-15(13)14/h4,6,10,14,18H,2-3,5,7-9,11-12H2,1H3. The molecule has 1 N–H and O–H groups in total. The second kappa shape index (κ2) is 5.65. The van der Waals surface area contributed by atoms with Crippen LogP contribution in [-0.4, -0.2) is 23.9 Å². The zero-order chi connectivity index (χ0) is 14.0. The van der Waals surface area contributed by atoms with E-state index in [0.717, 1.165) is 57.3 Å². The highest BCUT2D eigenvalue weighted by Crippen LogP contribution is 2.42. The van der Waals surface area contributed by atoms with E-state index in [4.69, 9.17) is 0 Å². The lowest BCUT2D eigenvalue weighted by atomic mass is 9.67. The van der Waals surface area contributed by atoms with Crippen molar-refractivity contribution >= 4 is 5.78 Å². The first-order valence-electron chi connectivity index (χ1n) is 7.96. The number of Topliss-reactive ketones (excluding diaryl/α,β-unsaturated/α-hetero) is 1. The van der Waals surface area contributed by atoms with Gasteiger partial charge in [-0.1, -0.05) is 13.0 Å². The average Bonchev–Trinajstić information content (AvgIpc) is 2.54. The van der Waals surface area contributed by atoms with Crippen LogP contribution in [0.5, 0.6) is 0 Å². The molecular weight excluding hydrogens is 248 g/mol. The van der Waals surface area contributed by atoms with E-state index in [0.29, 0.717) is 5.78 Å². The number of piperidine rings is 1. The van der Waals surface area contributed by atoms with Crippen molar-refractivity contribution in [3.8, 4) is 0 Å². The number of ketones is 1. The second-order valence-electron chi connectivity index (χ2n) is 6.24. The summed E-state index contributed by atoms with van der Waals surface area (Å²) >= 11 is 0. The predicted molar refractivity (Wildman–Crippen MR) is 79.8 cm³/mol. The molecule has 0 bridgehead atoms. The third kappa shape index (κ3) is 2.28. The number of carbonyl (C=O) groups is 1. The van der Waals surface area contributed by atoms with Gasteiger partial charge in [-0.05, 0) is 63.2 Å². The number of aryl methyl sites for hydroxylation is 1. The first kappa shape index (κ1) is 13.7. The Morgan fingerprint density at radius 3 is 3.00 bits per heavy atom. The highest BCUT2D eigenvalue weighted by Gasteiger charge is 2.43. The summed E-state index contributed by atoms with van der Waals surface area (Å²) in [6.07, 6.45) is 7.96. The Labute approximate surface area is 121 Å². The van der Waals surface area contributed by atoms with E-state index in [1.165, 1.54) is 5.56 Å². The van der Waals surface area contributed by atoms with Crippen molar-refractivity contribution in [2.75, 3.05) is 13.1 Å². The molecule has 1 aromatic heterocycles. The van der Waals surface area contributed by atoms with E-state index < -0.39 is 0 Å². The predicted octanol–water partition coefficient (Wildman–Crippen LogP) is 2.85. The summed E-state index contributed by atoms with van der Waals surface area (Å²) < 4.78 is 0. The Bertz CT molecular complexity index is 492. The van der Waals surface area contributed by atoms with Gasteiger partial charge in [0.1, 0.15) is 5.78 Å². The lowest BCUT2D eigenvalue weighted by Gasteiger charge is -2.39. The number of aromatic nitrogens is 1. The Kier molecular flexibility index (Phi) is 3.88. The molecule has 0 spiro atoms. The minimum atomic E-state index is -0.109.